The van der Waals surface area contributed by atoms with Gasteiger partial charge in [-0.2, -0.15) is 0 Å². The number of carbonyl (C=O) groups excluding carboxylic acids is 1. The highest BCUT2D eigenvalue weighted by Gasteiger charge is 2.06. The summed E-state index contributed by atoms with van der Waals surface area (Å²) in [6.07, 6.45) is 0. The number of anilines is 2. The van der Waals surface area contributed by atoms with Crippen LogP contribution in [-0.2, 0) is 0 Å². The summed E-state index contributed by atoms with van der Waals surface area (Å²) in [6, 6.07) is 12.4. The Morgan fingerprint density at radius 3 is 2.58 bits per heavy atom. The van der Waals surface area contributed by atoms with Crippen molar-refractivity contribution in [3.63, 3.8) is 0 Å². The first-order valence-corrected chi connectivity index (χ1v) is 6.82. The van der Waals surface area contributed by atoms with Crippen LogP contribution in [0.15, 0.2) is 46.9 Å². The number of para-hydroxylation sites is 1. The van der Waals surface area contributed by atoms with Crippen molar-refractivity contribution >= 4 is 44.9 Å². The molecule has 3 nitrogen and oxygen atoms in total. The fourth-order valence-electron chi connectivity index (χ4n) is 1.52. The molecule has 0 aromatic heterocycles. The van der Waals surface area contributed by atoms with Crippen LogP contribution in [-0.4, -0.2) is 6.03 Å². The molecule has 98 valence electrons. The minimum atomic E-state index is -0.330. The van der Waals surface area contributed by atoms with Crippen LogP contribution in [0, 0.1) is 6.92 Å². The van der Waals surface area contributed by atoms with Crippen LogP contribution in [0.2, 0.25) is 5.02 Å². The van der Waals surface area contributed by atoms with E-state index in [2.05, 4.69) is 26.6 Å². The van der Waals surface area contributed by atoms with Crippen molar-refractivity contribution in [1.82, 2.24) is 0 Å². The Labute approximate surface area is 125 Å². The predicted molar refractivity (Wildman–Crippen MR) is 83.0 cm³/mol. The molecule has 0 bridgehead atoms. The van der Waals surface area contributed by atoms with Crippen LogP contribution in [0.1, 0.15) is 5.56 Å². The van der Waals surface area contributed by atoms with Crippen molar-refractivity contribution in [3.05, 3.63) is 57.5 Å². The van der Waals surface area contributed by atoms with Crippen molar-refractivity contribution in [3.8, 4) is 0 Å². The maximum Gasteiger partial charge on any atom is 0.323 e. The monoisotopic (exact) mass is 338 g/mol. The third kappa shape index (κ3) is 3.72. The predicted octanol–water partition coefficient (Wildman–Crippen LogP) is 5.05. The van der Waals surface area contributed by atoms with Crippen LogP contribution in [0.5, 0.6) is 0 Å². The molecule has 0 saturated carbocycles. The number of rotatable bonds is 2. The second-order valence-corrected chi connectivity index (χ2v) is 5.28. The average molecular weight is 340 g/mol. The largest absolute Gasteiger partial charge is 0.323 e. The number of halogens is 2. The summed E-state index contributed by atoms with van der Waals surface area (Å²) in [5.74, 6) is 0. The molecule has 19 heavy (non-hydrogen) atoms. The van der Waals surface area contributed by atoms with E-state index in [1.54, 1.807) is 12.1 Å². The van der Waals surface area contributed by atoms with Crippen LogP contribution in [0.25, 0.3) is 0 Å². The normalized spacial score (nSPS) is 10.1. The van der Waals surface area contributed by atoms with Gasteiger partial charge in [0.2, 0.25) is 0 Å². The molecule has 2 amide bonds. The lowest BCUT2D eigenvalue weighted by Gasteiger charge is -2.09. The third-order valence-electron chi connectivity index (χ3n) is 2.55. The van der Waals surface area contributed by atoms with E-state index >= 15 is 0 Å². The fourth-order valence-corrected chi connectivity index (χ4v) is 2.08. The minimum absolute atomic E-state index is 0.330. The van der Waals surface area contributed by atoms with Gasteiger partial charge in [0.25, 0.3) is 0 Å². The van der Waals surface area contributed by atoms with E-state index in [-0.39, 0.29) is 6.03 Å². The zero-order valence-corrected chi connectivity index (χ0v) is 12.5. The summed E-state index contributed by atoms with van der Waals surface area (Å²) in [7, 11) is 0. The van der Waals surface area contributed by atoms with Crippen LogP contribution in [0.4, 0.5) is 16.2 Å². The molecular formula is C14H12BrClN2O. The molecule has 0 aliphatic heterocycles. The van der Waals surface area contributed by atoms with E-state index in [4.69, 9.17) is 11.6 Å². The van der Waals surface area contributed by atoms with Crippen molar-refractivity contribution < 1.29 is 4.79 Å². The summed E-state index contributed by atoms with van der Waals surface area (Å²) in [5.41, 5.74) is 2.40. The van der Waals surface area contributed by atoms with Gasteiger partial charge < -0.3 is 10.6 Å². The Hall–Kier alpha value is -1.52. The van der Waals surface area contributed by atoms with Crippen molar-refractivity contribution in [2.24, 2.45) is 0 Å². The number of hydrogen-bond donors (Lipinski definition) is 2. The smallest absolute Gasteiger partial charge is 0.308 e. The summed E-state index contributed by atoms with van der Waals surface area (Å²) in [4.78, 5) is 11.8. The molecule has 2 aromatic rings. The summed E-state index contributed by atoms with van der Waals surface area (Å²) < 4.78 is 0.947. The fraction of sp³-hybridized carbons (Fsp3) is 0.0714. The lowest BCUT2D eigenvalue weighted by Crippen LogP contribution is -2.19. The van der Waals surface area contributed by atoms with E-state index in [9.17, 15) is 4.79 Å². The maximum absolute atomic E-state index is 11.8. The van der Waals surface area contributed by atoms with Crippen molar-refractivity contribution in [1.29, 1.82) is 0 Å². The quantitative estimate of drug-likeness (QED) is 0.789. The summed E-state index contributed by atoms with van der Waals surface area (Å²) in [6.45, 7) is 1.98. The van der Waals surface area contributed by atoms with Crippen LogP contribution in [0.3, 0.4) is 0 Å². The van der Waals surface area contributed by atoms with Gasteiger partial charge in [0.1, 0.15) is 0 Å². The highest BCUT2D eigenvalue weighted by molar-refractivity contribution is 9.10. The van der Waals surface area contributed by atoms with Gasteiger partial charge in [0.05, 0.1) is 10.7 Å². The zero-order chi connectivity index (χ0) is 13.8. The SMILES string of the molecule is Cc1ccc(NC(=O)Nc2ccccc2Cl)cc1Br. The molecule has 0 fully saturated rings. The molecule has 2 aromatic carbocycles. The zero-order valence-electron chi connectivity index (χ0n) is 10.2. The molecule has 0 aliphatic rings. The molecule has 0 saturated heterocycles. The van der Waals surface area contributed by atoms with Crippen LogP contribution < -0.4 is 10.6 Å². The van der Waals surface area contributed by atoms with Gasteiger partial charge in [-0.1, -0.05) is 45.7 Å². The number of amides is 2. The third-order valence-corrected chi connectivity index (χ3v) is 3.74. The molecule has 0 radical (unpaired) electrons. The molecule has 0 heterocycles. The molecule has 0 aliphatic carbocycles. The van der Waals surface area contributed by atoms with E-state index in [0.29, 0.717) is 16.4 Å². The van der Waals surface area contributed by atoms with Crippen molar-refractivity contribution in [2.75, 3.05) is 10.6 Å². The van der Waals surface area contributed by atoms with Gasteiger partial charge in [-0.15, -0.1) is 0 Å². The standard InChI is InChI=1S/C14H12BrClN2O/c1-9-6-7-10(8-11(9)15)17-14(19)18-13-5-3-2-4-12(13)16/h2-8H,1H3,(H2,17,18,19). The number of aryl methyl sites for hydroxylation is 1. The summed E-state index contributed by atoms with van der Waals surface area (Å²) >= 11 is 9.39. The number of urea groups is 1. The number of nitrogens with one attached hydrogen (secondary N) is 2. The molecule has 5 heteroatoms. The van der Waals surface area contributed by atoms with Gasteiger partial charge in [-0.25, -0.2) is 4.79 Å². The topological polar surface area (TPSA) is 41.1 Å². The van der Waals surface area contributed by atoms with E-state index in [1.165, 1.54) is 0 Å². The van der Waals surface area contributed by atoms with Gasteiger partial charge >= 0.3 is 6.03 Å². The lowest BCUT2D eigenvalue weighted by molar-refractivity contribution is 0.262. The Morgan fingerprint density at radius 1 is 1.16 bits per heavy atom. The first kappa shape index (κ1) is 13.9. The Morgan fingerprint density at radius 2 is 1.89 bits per heavy atom. The maximum atomic E-state index is 11.8. The van der Waals surface area contributed by atoms with E-state index in [1.807, 2.05) is 37.3 Å². The summed E-state index contributed by atoms with van der Waals surface area (Å²) in [5, 5.41) is 5.94. The molecule has 2 rings (SSSR count). The first-order chi connectivity index (χ1) is 9.06. The first-order valence-electron chi connectivity index (χ1n) is 5.65. The molecule has 0 atom stereocenters. The highest BCUT2D eigenvalue weighted by Crippen LogP contribution is 2.22. The molecule has 0 spiro atoms. The Bertz CT molecular complexity index is 616. The second-order valence-electron chi connectivity index (χ2n) is 4.02. The van der Waals surface area contributed by atoms with Gasteiger partial charge in [0, 0.05) is 10.2 Å². The van der Waals surface area contributed by atoms with E-state index < -0.39 is 0 Å². The Balaban J connectivity index is 2.05. The van der Waals surface area contributed by atoms with Crippen molar-refractivity contribution in [2.45, 2.75) is 6.92 Å². The molecule has 2 N–H and O–H groups in total. The Kier molecular flexibility index (Phi) is 4.45. The van der Waals surface area contributed by atoms with Gasteiger partial charge in [-0.3, -0.25) is 0 Å². The highest BCUT2D eigenvalue weighted by atomic mass is 79.9. The number of benzene rings is 2. The van der Waals surface area contributed by atoms with E-state index in [0.717, 1.165) is 10.0 Å². The molecule has 0 unspecified atom stereocenters. The van der Waals surface area contributed by atoms with Gasteiger partial charge in [-0.05, 0) is 36.8 Å². The second kappa shape index (κ2) is 6.08. The molecular weight excluding hydrogens is 328 g/mol. The van der Waals surface area contributed by atoms with Gasteiger partial charge in [0.15, 0.2) is 0 Å². The number of carbonyl (C=O) groups is 1. The number of hydrogen-bond acceptors (Lipinski definition) is 1. The van der Waals surface area contributed by atoms with Crippen LogP contribution >= 0.6 is 27.5 Å². The average Bonchev–Trinajstić information content (AvgIpc) is 2.37. The lowest BCUT2D eigenvalue weighted by atomic mass is 10.2. The minimum Gasteiger partial charge on any atom is -0.308 e.